The smallest absolute Gasteiger partial charge is 0.261 e. The largest absolute Gasteiger partial charge is 0.289 e. The lowest BCUT2D eigenvalue weighted by Crippen LogP contribution is -2.13. The Morgan fingerprint density at radius 3 is 2.31 bits per heavy atom. The fourth-order valence-electron chi connectivity index (χ4n) is 3.62. The van der Waals surface area contributed by atoms with E-state index < -0.39 is 10.0 Å². The summed E-state index contributed by atoms with van der Waals surface area (Å²) in [6.45, 7) is 4.05. The van der Waals surface area contributed by atoms with Crippen molar-refractivity contribution >= 4 is 42.9 Å². The lowest BCUT2D eigenvalue weighted by atomic mass is 9.98. The predicted molar refractivity (Wildman–Crippen MR) is 132 cm³/mol. The molecule has 0 saturated heterocycles. The number of benzene rings is 3. The fraction of sp³-hybridized carbons (Fsp3) is 0.192. The van der Waals surface area contributed by atoms with Crippen LogP contribution in [0.2, 0.25) is 0 Å². The van der Waals surface area contributed by atoms with Gasteiger partial charge in [-0.3, -0.25) is 9.52 Å². The van der Waals surface area contributed by atoms with Crippen LogP contribution in [-0.4, -0.2) is 14.2 Å². The molecule has 0 radical (unpaired) electrons. The Bertz CT molecular complexity index is 1350. The van der Waals surface area contributed by atoms with Gasteiger partial charge < -0.3 is 0 Å². The van der Waals surface area contributed by atoms with Crippen molar-refractivity contribution in [1.82, 2.24) is 0 Å². The van der Waals surface area contributed by atoms with Crippen molar-refractivity contribution in [3.8, 4) is 0 Å². The highest BCUT2D eigenvalue weighted by atomic mass is 32.2. The number of fused-ring (bicyclic) bond motifs is 1. The molecule has 4 aromatic rings. The fourth-order valence-corrected chi connectivity index (χ4v) is 5.93. The number of nitrogens with one attached hydrogen (secondary N) is 1. The summed E-state index contributed by atoms with van der Waals surface area (Å²) in [6.07, 6.45) is 2.98. The van der Waals surface area contributed by atoms with Gasteiger partial charge in [0.2, 0.25) is 0 Å². The Labute approximate surface area is 193 Å². The van der Waals surface area contributed by atoms with Crippen LogP contribution in [-0.2, 0) is 16.4 Å². The minimum atomic E-state index is -3.69. The zero-order valence-corrected chi connectivity index (χ0v) is 19.7. The van der Waals surface area contributed by atoms with E-state index >= 15 is 0 Å². The van der Waals surface area contributed by atoms with Gasteiger partial charge in [-0.05, 0) is 62.2 Å². The molecule has 3 aromatic carbocycles. The second-order valence-electron chi connectivity index (χ2n) is 7.82. The lowest BCUT2D eigenvalue weighted by Gasteiger charge is -2.09. The minimum absolute atomic E-state index is 0.0264. The van der Waals surface area contributed by atoms with Gasteiger partial charge in [0.15, 0.2) is 5.78 Å². The zero-order chi connectivity index (χ0) is 22.7. The minimum Gasteiger partial charge on any atom is -0.289 e. The van der Waals surface area contributed by atoms with Gasteiger partial charge in [0.25, 0.3) is 10.0 Å². The van der Waals surface area contributed by atoms with Gasteiger partial charge in [0.05, 0.1) is 4.90 Å². The number of carbonyl (C=O) groups is 1. The maximum absolute atomic E-state index is 13.4. The molecule has 0 aliphatic carbocycles. The Kier molecular flexibility index (Phi) is 6.44. The molecular formula is C26H25NO3S2. The summed E-state index contributed by atoms with van der Waals surface area (Å²) in [5.74, 6) is -0.0264. The van der Waals surface area contributed by atoms with Crippen molar-refractivity contribution < 1.29 is 13.2 Å². The van der Waals surface area contributed by atoms with Crippen LogP contribution in [0.1, 0.15) is 46.1 Å². The Morgan fingerprint density at radius 1 is 0.938 bits per heavy atom. The number of sulfonamides is 1. The molecular weight excluding hydrogens is 438 g/mol. The third kappa shape index (κ3) is 4.61. The molecule has 0 spiro atoms. The summed E-state index contributed by atoms with van der Waals surface area (Å²) in [6, 6.07) is 21.3. The lowest BCUT2D eigenvalue weighted by molar-refractivity contribution is 0.104. The van der Waals surface area contributed by atoms with Gasteiger partial charge in [-0.15, -0.1) is 11.3 Å². The summed E-state index contributed by atoms with van der Waals surface area (Å²) in [4.78, 5) is 14.7. The summed E-state index contributed by atoms with van der Waals surface area (Å²) in [7, 11) is -3.69. The van der Waals surface area contributed by atoms with E-state index in [9.17, 15) is 13.2 Å². The number of ketones is 1. The molecule has 0 atom stereocenters. The molecule has 0 fully saturated rings. The van der Waals surface area contributed by atoms with Crippen LogP contribution in [0.15, 0.2) is 77.7 Å². The second-order valence-corrected chi connectivity index (χ2v) is 10.6. The van der Waals surface area contributed by atoms with Crippen LogP contribution < -0.4 is 4.72 Å². The average Bonchev–Trinajstić information content (AvgIpc) is 3.16. The molecule has 0 saturated carbocycles. The molecule has 0 unspecified atom stereocenters. The molecule has 164 valence electrons. The summed E-state index contributed by atoms with van der Waals surface area (Å²) in [5, 5.41) is 0.984. The normalized spacial score (nSPS) is 11.6. The first-order chi connectivity index (χ1) is 15.4. The number of hydrogen-bond acceptors (Lipinski definition) is 4. The van der Waals surface area contributed by atoms with Gasteiger partial charge in [-0.1, -0.05) is 49.2 Å². The number of unbranched alkanes of at least 4 members (excludes halogenated alkanes) is 1. The molecule has 0 bridgehead atoms. The quantitative estimate of drug-likeness (QED) is 0.300. The number of rotatable bonds is 8. The van der Waals surface area contributed by atoms with Crippen LogP contribution in [0, 0.1) is 6.92 Å². The maximum atomic E-state index is 13.4. The number of thiophene rings is 1. The van der Waals surface area contributed by atoms with Gasteiger partial charge in [0.1, 0.15) is 0 Å². The SMILES string of the molecule is CCCCc1sc2ccccc2c1C(=O)c1ccc(NS(=O)(=O)c2ccc(C)cc2)cc1. The third-order valence-corrected chi connectivity index (χ3v) is 8.01. The highest BCUT2D eigenvalue weighted by Gasteiger charge is 2.20. The van der Waals surface area contributed by atoms with Crippen molar-refractivity contribution in [3.63, 3.8) is 0 Å². The summed E-state index contributed by atoms with van der Waals surface area (Å²) in [5.41, 5.74) is 2.73. The van der Waals surface area contributed by atoms with Crippen LogP contribution >= 0.6 is 11.3 Å². The van der Waals surface area contributed by atoms with Crippen LogP contribution in [0.4, 0.5) is 5.69 Å². The van der Waals surface area contributed by atoms with Gasteiger partial charge in [-0.25, -0.2) is 8.42 Å². The van der Waals surface area contributed by atoms with Crippen molar-refractivity contribution in [1.29, 1.82) is 0 Å². The van der Waals surface area contributed by atoms with Crippen molar-refractivity contribution in [2.45, 2.75) is 38.0 Å². The molecule has 4 nitrogen and oxygen atoms in total. The monoisotopic (exact) mass is 463 g/mol. The van der Waals surface area contributed by atoms with Crippen molar-refractivity contribution in [2.75, 3.05) is 4.72 Å². The van der Waals surface area contributed by atoms with E-state index in [1.165, 1.54) is 0 Å². The van der Waals surface area contributed by atoms with E-state index in [1.54, 1.807) is 59.9 Å². The van der Waals surface area contributed by atoms with E-state index in [-0.39, 0.29) is 10.7 Å². The molecule has 32 heavy (non-hydrogen) atoms. The average molecular weight is 464 g/mol. The van der Waals surface area contributed by atoms with Gasteiger partial charge in [0, 0.05) is 31.8 Å². The maximum Gasteiger partial charge on any atom is 0.261 e. The number of anilines is 1. The molecule has 4 rings (SSSR count). The predicted octanol–water partition coefficient (Wildman–Crippen LogP) is 6.58. The first-order valence-corrected chi connectivity index (χ1v) is 12.9. The van der Waals surface area contributed by atoms with E-state index in [1.807, 2.05) is 25.1 Å². The Hall–Kier alpha value is -2.96. The molecule has 1 heterocycles. The summed E-state index contributed by atoms with van der Waals surface area (Å²) >= 11 is 1.68. The van der Waals surface area contributed by atoms with Crippen LogP contribution in [0.5, 0.6) is 0 Å². The second kappa shape index (κ2) is 9.27. The van der Waals surface area contributed by atoms with Gasteiger partial charge >= 0.3 is 0 Å². The van der Waals surface area contributed by atoms with E-state index in [2.05, 4.69) is 17.7 Å². The number of carbonyl (C=O) groups excluding carboxylic acids is 1. The van der Waals surface area contributed by atoms with Gasteiger partial charge in [-0.2, -0.15) is 0 Å². The Balaban J connectivity index is 1.61. The van der Waals surface area contributed by atoms with Crippen LogP contribution in [0.3, 0.4) is 0 Å². The number of hydrogen-bond donors (Lipinski definition) is 1. The highest BCUT2D eigenvalue weighted by molar-refractivity contribution is 7.92. The first kappa shape index (κ1) is 22.2. The Morgan fingerprint density at radius 2 is 1.62 bits per heavy atom. The first-order valence-electron chi connectivity index (χ1n) is 10.6. The molecule has 0 aliphatic rings. The van der Waals surface area contributed by atoms with Crippen molar-refractivity contribution in [3.05, 3.63) is 94.4 Å². The molecule has 6 heteroatoms. The van der Waals surface area contributed by atoms with Crippen molar-refractivity contribution in [2.24, 2.45) is 0 Å². The molecule has 1 N–H and O–H groups in total. The topological polar surface area (TPSA) is 63.2 Å². The molecule has 0 aliphatic heterocycles. The number of aryl methyl sites for hydroxylation is 2. The molecule has 1 aromatic heterocycles. The van der Waals surface area contributed by atoms with E-state index in [4.69, 9.17) is 0 Å². The molecule has 0 amide bonds. The van der Waals surface area contributed by atoms with Crippen LogP contribution in [0.25, 0.3) is 10.1 Å². The third-order valence-electron chi connectivity index (χ3n) is 5.38. The zero-order valence-electron chi connectivity index (χ0n) is 18.1. The highest BCUT2D eigenvalue weighted by Crippen LogP contribution is 2.34. The van der Waals surface area contributed by atoms with E-state index in [0.29, 0.717) is 11.3 Å². The van der Waals surface area contributed by atoms with E-state index in [0.717, 1.165) is 45.4 Å². The standard InChI is InChI=1S/C26H25NO3S2/c1-3-4-8-24-25(22-7-5-6-9-23(22)31-24)26(28)19-12-14-20(15-13-19)27-32(29,30)21-16-10-18(2)11-17-21/h5-7,9-17,27H,3-4,8H2,1-2H3. The summed E-state index contributed by atoms with van der Waals surface area (Å²) < 4.78 is 29.0.